The summed E-state index contributed by atoms with van der Waals surface area (Å²) in [6.45, 7) is 8.07. The van der Waals surface area contributed by atoms with Crippen LogP contribution in [0.15, 0.2) is 30.3 Å². The molecule has 21 heavy (non-hydrogen) atoms. The van der Waals surface area contributed by atoms with Crippen molar-refractivity contribution in [3.05, 3.63) is 63.7 Å². The lowest BCUT2D eigenvalue weighted by Gasteiger charge is -2.11. The monoisotopic (exact) mass is 282 g/mol. The highest BCUT2D eigenvalue weighted by Crippen LogP contribution is 2.24. The first-order valence-electron chi connectivity index (χ1n) is 7.17. The molecule has 0 spiro atoms. The number of ketones is 1. The molecule has 0 aliphatic carbocycles. The van der Waals surface area contributed by atoms with Crippen LogP contribution in [0, 0.1) is 27.7 Å². The van der Waals surface area contributed by atoms with Gasteiger partial charge in [-0.25, -0.2) is 0 Å². The van der Waals surface area contributed by atoms with Gasteiger partial charge in [0.25, 0.3) is 0 Å². The molecule has 0 aliphatic rings. The fourth-order valence-corrected chi connectivity index (χ4v) is 2.50. The summed E-state index contributed by atoms with van der Waals surface area (Å²) in [6, 6.07) is 10.1. The van der Waals surface area contributed by atoms with Gasteiger partial charge in [-0.05, 0) is 67.6 Å². The number of Topliss-reactive ketones (excluding diaryl/α,β-unsaturated/α-hetero) is 1. The number of ether oxygens (including phenoxy) is 1. The molecule has 0 heterocycles. The number of hydrogen-bond donors (Lipinski definition) is 0. The van der Waals surface area contributed by atoms with E-state index in [4.69, 9.17) is 4.74 Å². The van der Waals surface area contributed by atoms with Gasteiger partial charge in [-0.2, -0.15) is 0 Å². The zero-order valence-electron chi connectivity index (χ0n) is 13.4. The van der Waals surface area contributed by atoms with Crippen molar-refractivity contribution in [2.45, 2.75) is 34.1 Å². The second kappa shape index (κ2) is 6.13. The molecule has 2 rings (SSSR count). The van der Waals surface area contributed by atoms with Crippen molar-refractivity contribution in [2.24, 2.45) is 0 Å². The van der Waals surface area contributed by atoms with Gasteiger partial charge < -0.3 is 4.74 Å². The Morgan fingerprint density at radius 3 is 2.24 bits per heavy atom. The zero-order chi connectivity index (χ0) is 15.6. The summed E-state index contributed by atoms with van der Waals surface area (Å²) in [5, 5.41) is 0. The number of carbonyl (C=O) groups is 1. The highest BCUT2D eigenvalue weighted by Gasteiger charge is 2.13. The number of aryl methyl sites for hydroxylation is 4. The topological polar surface area (TPSA) is 26.3 Å². The summed E-state index contributed by atoms with van der Waals surface area (Å²) >= 11 is 0. The molecule has 2 nitrogen and oxygen atoms in total. The van der Waals surface area contributed by atoms with Gasteiger partial charge in [-0.3, -0.25) is 4.79 Å². The zero-order valence-corrected chi connectivity index (χ0v) is 13.4. The van der Waals surface area contributed by atoms with Gasteiger partial charge in [0.15, 0.2) is 5.78 Å². The van der Waals surface area contributed by atoms with Crippen molar-refractivity contribution in [2.75, 3.05) is 7.11 Å². The predicted molar refractivity (Wildman–Crippen MR) is 86.4 cm³/mol. The Morgan fingerprint density at radius 2 is 1.62 bits per heavy atom. The Kier molecular flexibility index (Phi) is 4.46. The molecule has 0 aliphatic heterocycles. The highest BCUT2D eigenvalue weighted by molar-refractivity contribution is 5.99. The number of rotatable bonds is 4. The first-order valence-corrected chi connectivity index (χ1v) is 7.17. The van der Waals surface area contributed by atoms with Crippen molar-refractivity contribution < 1.29 is 9.53 Å². The molecule has 0 N–H and O–H groups in total. The fraction of sp³-hybridized carbons (Fsp3) is 0.316. The third-order valence-corrected chi connectivity index (χ3v) is 3.98. The van der Waals surface area contributed by atoms with Gasteiger partial charge in [-0.15, -0.1) is 0 Å². The van der Waals surface area contributed by atoms with Crippen molar-refractivity contribution in [1.29, 1.82) is 0 Å². The number of carbonyl (C=O) groups excluding carboxylic acids is 1. The molecule has 0 amide bonds. The van der Waals surface area contributed by atoms with Gasteiger partial charge >= 0.3 is 0 Å². The first-order chi connectivity index (χ1) is 9.92. The largest absolute Gasteiger partial charge is 0.496 e. The second-order valence-electron chi connectivity index (χ2n) is 5.66. The van der Waals surface area contributed by atoms with Gasteiger partial charge in [0, 0.05) is 12.0 Å². The average molecular weight is 282 g/mol. The van der Waals surface area contributed by atoms with Gasteiger partial charge in [0.05, 0.1) is 7.11 Å². The van der Waals surface area contributed by atoms with Crippen LogP contribution in [0.25, 0.3) is 0 Å². The molecular weight excluding hydrogens is 260 g/mol. The molecule has 0 fully saturated rings. The fourth-order valence-electron chi connectivity index (χ4n) is 2.50. The summed E-state index contributed by atoms with van der Waals surface area (Å²) in [6.07, 6.45) is 0.438. The van der Waals surface area contributed by atoms with E-state index in [-0.39, 0.29) is 5.78 Å². The van der Waals surface area contributed by atoms with E-state index < -0.39 is 0 Å². The lowest BCUT2D eigenvalue weighted by Crippen LogP contribution is -2.07. The Morgan fingerprint density at radius 1 is 0.905 bits per heavy atom. The SMILES string of the molecule is COc1cc(C)c(C(=O)Cc2ccc(C)c(C)c2)cc1C. The summed E-state index contributed by atoms with van der Waals surface area (Å²) in [4.78, 5) is 12.5. The molecule has 110 valence electrons. The lowest BCUT2D eigenvalue weighted by molar-refractivity contribution is 0.0992. The normalized spacial score (nSPS) is 10.5. The van der Waals surface area contributed by atoms with Crippen LogP contribution >= 0.6 is 0 Å². The lowest BCUT2D eigenvalue weighted by atomic mass is 9.95. The summed E-state index contributed by atoms with van der Waals surface area (Å²) < 4.78 is 5.30. The molecule has 0 atom stereocenters. The van der Waals surface area contributed by atoms with Crippen LogP contribution in [0.3, 0.4) is 0 Å². The van der Waals surface area contributed by atoms with Crippen molar-refractivity contribution >= 4 is 5.78 Å². The molecule has 2 aromatic carbocycles. The molecule has 0 unspecified atom stereocenters. The third-order valence-electron chi connectivity index (χ3n) is 3.98. The molecule has 0 radical (unpaired) electrons. The van der Waals surface area contributed by atoms with Crippen molar-refractivity contribution in [3.63, 3.8) is 0 Å². The van der Waals surface area contributed by atoms with E-state index in [1.54, 1.807) is 7.11 Å². The van der Waals surface area contributed by atoms with E-state index in [1.807, 2.05) is 32.0 Å². The molecular formula is C19H22O2. The van der Waals surface area contributed by atoms with Gasteiger partial charge in [0.1, 0.15) is 5.75 Å². The number of hydrogen-bond acceptors (Lipinski definition) is 2. The average Bonchev–Trinajstić information content (AvgIpc) is 2.44. The Labute approximate surface area is 126 Å². The van der Waals surface area contributed by atoms with E-state index in [0.29, 0.717) is 6.42 Å². The van der Waals surface area contributed by atoms with Crippen molar-refractivity contribution in [1.82, 2.24) is 0 Å². The Hall–Kier alpha value is -2.09. The van der Waals surface area contributed by atoms with Crippen LogP contribution in [0.1, 0.15) is 38.2 Å². The quantitative estimate of drug-likeness (QED) is 0.779. The standard InChI is InChI=1S/C19H22O2/c1-12-6-7-16(8-13(12)2)11-18(20)17-9-15(4)19(21-5)10-14(17)3/h6-10H,11H2,1-5H3. The minimum Gasteiger partial charge on any atom is -0.496 e. The Bertz CT molecular complexity index is 684. The van der Waals surface area contributed by atoms with Crippen molar-refractivity contribution in [3.8, 4) is 5.75 Å². The Balaban J connectivity index is 2.28. The minimum atomic E-state index is 0.154. The third kappa shape index (κ3) is 3.33. The summed E-state index contributed by atoms with van der Waals surface area (Å²) in [5.41, 5.74) is 6.28. The van der Waals surface area contributed by atoms with E-state index in [0.717, 1.165) is 28.0 Å². The van der Waals surface area contributed by atoms with Crippen LogP contribution in [0.4, 0.5) is 0 Å². The highest BCUT2D eigenvalue weighted by atomic mass is 16.5. The van der Waals surface area contributed by atoms with E-state index in [1.165, 1.54) is 11.1 Å². The van der Waals surface area contributed by atoms with Gasteiger partial charge in [0.2, 0.25) is 0 Å². The van der Waals surface area contributed by atoms with Crippen LogP contribution in [0.5, 0.6) is 5.75 Å². The van der Waals surface area contributed by atoms with E-state index in [2.05, 4.69) is 26.0 Å². The number of methoxy groups -OCH3 is 1. The van der Waals surface area contributed by atoms with E-state index in [9.17, 15) is 4.79 Å². The molecule has 2 heteroatoms. The maximum absolute atomic E-state index is 12.5. The molecule has 0 saturated carbocycles. The first kappa shape index (κ1) is 15.3. The minimum absolute atomic E-state index is 0.154. The molecule has 0 aromatic heterocycles. The van der Waals surface area contributed by atoms with E-state index >= 15 is 0 Å². The van der Waals surface area contributed by atoms with Crippen LogP contribution in [0.2, 0.25) is 0 Å². The summed E-state index contributed by atoms with van der Waals surface area (Å²) in [5.74, 6) is 0.983. The van der Waals surface area contributed by atoms with Crippen LogP contribution in [-0.2, 0) is 6.42 Å². The molecule has 2 aromatic rings. The smallest absolute Gasteiger partial charge is 0.167 e. The summed E-state index contributed by atoms with van der Waals surface area (Å²) in [7, 11) is 1.65. The molecule has 0 bridgehead atoms. The van der Waals surface area contributed by atoms with Gasteiger partial charge in [-0.1, -0.05) is 18.2 Å². The maximum Gasteiger partial charge on any atom is 0.167 e. The van der Waals surface area contributed by atoms with Crippen LogP contribution < -0.4 is 4.74 Å². The second-order valence-corrected chi connectivity index (χ2v) is 5.66. The van der Waals surface area contributed by atoms with Crippen LogP contribution in [-0.4, -0.2) is 12.9 Å². The predicted octanol–water partition coefficient (Wildman–Crippen LogP) is 4.35. The maximum atomic E-state index is 12.5. The number of benzene rings is 2. The molecule has 0 saturated heterocycles.